The summed E-state index contributed by atoms with van der Waals surface area (Å²) in [4.78, 5) is 16.6. The molecule has 0 unspecified atom stereocenters. The second-order valence-electron chi connectivity index (χ2n) is 5.63. The van der Waals surface area contributed by atoms with E-state index < -0.39 is 0 Å². The number of fused-ring (bicyclic) bond motifs is 1. The van der Waals surface area contributed by atoms with Gasteiger partial charge in [0, 0.05) is 30.7 Å². The monoisotopic (exact) mass is 332 g/mol. The van der Waals surface area contributed by atoms with Crippen LogP contribution in [0, 0.1) is 6.92 Å². The predicted octanol–water partition coefficient (Wildman–Crippen LogP) is 3.11. The first-order chi connectivity index (χ1) is 12.1. The van der Waals surface area contributed by atoms with Crippen molar-refractivity contribution in [1.82, 2.24) is 24.5 Å². The summed E-state index contributed by atoms with van der Waals surface area (Å²) >= 11 is 0. The Labute approximate surface area is 144 Å². The van der Waals surface area contributed by atoms with Crippen molar-refractivity contribution in [3.05, 3.63) is 54.7 Å². The van der Waals surface area contributed by atoms with Gasteiger partial charge in [0.2, 0.25) is 0 Å². The zero-order valence-corrected chi connectivity index (χ0v) is 13.8. The average Bonchev–Trinajstić information content (AvgIpc) is 2.89. The van der Waals surface area contributed by atoms with E-state index in [0.717, 1.165) is 27.9 Å². The van der Waals surface area contributed by atoms with Crippen molar-refractivity contribution in [3.8, 4) is 22.9 Å². The molecular formula is C18H16N6O. The standard InChI is InChI=1S/C18H16N6O/c1-11-14(15-16(19)22-10-23-17(15)24(11)2)12-4-6-13(7-5-12)25-18-20-8-3-9-21-18/h3-10H,1-2H3,(H2,19,22,23). The number of nitrogens with two attached hydrogens (primary N) is 1. The molecular weight excluding hydrogens is 316 g/mol. The van der Waals surface area contributed by atoms with Crippen LogP contribution < -0.4 is 10.5 Å². The van der Waals surface area contributed by atoms with E-state index in [9.17, 15) is 0 Å². The maximum atomic E-state index is 6.10. The van der Waals surface area contributed by atoms with Gasteiger partial charge in [-0.15, -0.1) is 0 Å². The van der Waals surface area contributed by atoms with Crippen LogP contribution >= 0.6 is 0 Å². The van der Waals surface area contributed by atoms with Gasteiger partial charge in [-0.25, -0.2) is 19.9 Å². The summed E-state index contributed by atoms with van der Waals surface area (Å²) in [5.41, 5.74) is 10.0. The highest BCUT2D eigenvalue weighted by atomic mass is 16.5. The lowest BCUT2D eigenvalue weighted by Crippen LogP contribution is -1.95. The summed E-state index contributed by atoms with van der Waals surface area (Å²) in [6.45, 7) is 2.04. The number of ether oxygens (including phenoxy) is 1. The molecule has 7 nitrogen and oxygen atoms in total. The van der Waals surface area contributed by atoms with Gasteiger partial charge in [0.05, 0.1) is 5.39 Å². The van der Waals surface area contributed by atoms with Gasteiger partial charge in [0.15, 0.2) is 0 Å². The Morgan fingerprint density at radius 2 is 1.72 bits per heavy atom. The molecule has 0 saturated heterocycles. The molecule has 0 aliphatic rings. The first-order valence-corrected chi connectivity index (χ1v) is 7.76. The number of hydrogen-bond acceptors (Lipinski definition) is 6. The fourth-order valence-electron chi connectivity index (χ4n) is 2.88. The van der Waals surface area contributed by atoms with Crippen molar-refractivity contribution in [2.24, 2.45) is 7.05 Å². The molecule has 124 valence electrons. The lowest BCUT2D eigenvalue weighted by atomic mass is 10.0. The van der Waals surface area contributed by atoms with Gasteiger partial charge >= 0.3 is 6.01 Å². The highest BCUT2D eigenvalue weighted by molar-refractivity contribution is 6.02. The summed E-state index contributed by atoms with van der Waals surface area (Å²) in [6.07, 6.45) is 4.76. The van der Waals surface area contributed by atoms with E-state index >= 15 is 0 Å². The van der Waals surface area contributed by atoms with Crippen LogP contribution in [0.5, 0.6) is 11.8 Å². The average molecular weight is 332 g/mol. The van der Waals surface area contributed by atoms with E-state index in [-0.39, 0.29) is 0 Å². The smallest absolute Gasteiger partial charge is 0.321 e. The molecule has 0 atom stereocenters. The maximum absolute atomic E-state index is 6.10. The summed E-state index contributed by atoms with van der Waals surface area (Å²) in [6, 6.07) is 9.77. The summed E-state index contributed by atoms with van der Waals surface area (Å²) < 4.78 is 7.66. The third kappa shape index (κ3) is 2.55. The van der Waals surface area contributed by atoms with E-state index in [0.29, 0.717) is 17.6 Å². The molecule has 2 N–H and O–H groups in total. The number of hydrogen-bond donors (Lipinski definition) is 1. The predicted molar refractivity (Wildman–Crippen MR) is 95.2 cm³/mol. The number of nitrogens with zero attached hydrogens (tertiary/aromatic N) is 5. The molecule has 0 aliphatic carbocycles. The molecule has 0 radical (unpaired) electrons. The van der Waals surface area contributed by atoms with Crippen LogP contribution in [0.2, 0.25) is 0 Å². The van der Waals surface area contributed by atoms with Crippen LogP contribution in [0.25, 0.3) is 22.2 Å². The lowest BCUT2D eigenvalue weighted by Gasteiger charge is -2.06. The van der Waals surface area contributed by atoms with Crippen LogP contribution in [0.4, 0.5) is 5.82 Å². The molecule has 0 amide bonds. The summed E-state index contributed by atoms with van der Waals surface area (Å²) in [5, 5.41) is 0.863. The molecule has 25 heavy (non-hydrogen) atoms. The van der Waals surface area contributed by atoms with Crippen LogP contribution in [0.3, 0.4) is 0 Å². The Kier molecular flexibility index (Phi) is 3.53. The van der Waals surface area contributed by atoms with Gasteiger partial charge < -0.3 is 15.0 Å². The topological polar surface area (TPSA) is 91.7 Å². The first-order valence-electron chi connectivity index (χ1n) is 7.76. The SMILES string of the molecule is Cc1c(-c2ccc(Oc3ncccn3)cc2)c2c(N)ncnc2n1C. The van der Waals surface area contributed by atoms with E-state index in [1.807, 2.05) is 42.8 Å². The fraction of sp³-hybridized carbons (Fsp3) is 0.111. The van der Waals surface area contributed by atoms with Crippen molar-refractivity contribution in [2.75, 3.05) is 5.73 Å². The van der Waals surface area contributed by atoms with Crippen LogP contribution in [-0.4, -0.2) is 24.5 Å². The minimum Gasteiger partial charge on any atom is -0.424 e. The number of rotatable bonds is 3. The molecule has 7 heteroatoms. The van der Waals surface area contributed by atoms with Gasteiger partial charge in [-0.05, 0) is 30.7 Å². The quantitative estimate of drug-likeness (QED) is 0.620. The highest BCUT2D eigenvalue weighted by Gasteiger charge is 2.17. The maximum Gasteiger partial charge on any atom is 0.321 e. The van der Waals surface area contributed by atoms with Crippen LogP contribution in [0.1, 0.15) is 5.69 Å². The van der Waals surface area contributed by atoms with Crippen molar-refractivity contribution in [3.63, 3.8) is 0 Å². The second kappa shape index (κ2) is 5.86. The van der Waals surface area contributed by atoms with Gasteiger partial charge in [-0.1, -0.05) is 12.1 Å². The largest absolute Gasteiger partial charge is 0.424 e. The molecule has 4 rings (SSSR count). The third-order valence-corrected chi connectivity index (χ3v) is 4.18. The molecule has 0 fully saturated rings. The molecule has 1 aromatic carbocycles. The first kappa shape index (κ1) is 15.1. The molecule has 0 spiro atoms. The Bertz CT molecular complexity index is 1040. The minimum atomic E-state index is 0.314. The Morgan fingerprint density at radius 1 is 1.00 bits per heavy atom. The van der Waals surface area contributed by atoms with Crippen molar-refractivity contribution in [1.29, 1.82) is 0 Å². The van der Waals surface area contributed by atoms with Gasteiger partial charge in [-0.3, -0.25) is 0 Å². The Morgan fingerprint density at radius 3 is 2.44 bits per heavy atom. The number of nitrogen functional groups attached to an aromatic ring is 1. The molecule has 4 aromatic rings. The second-order valence-corrected chi connectivity index (χ2v) is 5.63. The van der Waals surface area contributed by atoms with Crippen molar-refractivity contribution >= 4 is 16.9 Å². The third-order valence-electron chi connectivity index (χ3n) is 4.18. The number of aromatic nitrogens is 5. The number of benzene rings is 1. The van der Waals surface area contributed by atoms with Crippen molar-refractivity contribution in [2.45, 2.75) is 6.92 Å². The minimum absolute atomic E-state index is 0.314. The number of anilines is 1. The van der Waals surface area contributed by atoms with Crippen LogP contribution in [-0.2, 0) is 7.05 Å². The van der Waals surface area contributed by atoms with E-state index in [2.05, 4.69) is 19.9 Å². The normalized spacial score (nSPS) is 11.0. The Balaban J connectivity index is 1.76. The summed E-state index contributed by atoms with van der Waals surface area (Å²) in [5.74, 6) is 1.14. The van der Waals surface area contributed by atoms with Gasteiger partial charge in [-0.2, -0.15) is 0 Å². The van der Waals surface area contributed by atoms with E-state index in [4.69, 9.17) is 10.5 Å². The van der Waals surface area contributed by atoms with Crippen LogP contribution in [0.15, 0.2) is 49.1 Å². The fourth-order valence-corrected chi connectivity index (χ4v) is 2.88. The molecule has 0 aliphatic heterocycles. The van der Waals surface area contributed by atoms with Crippen molar-refractivity contribution < 1.29 is 4.74 Å². The zero-order valence-electron chi connectivity index (χ0n) is 13.8. The van der Waals surface area contributed by atoms with Gasteiger partial charge in [0.1, 0.15) is 23.5 Å². The zero-order chi connectivity index (χ0) is 17.4. The van der Waals surface area contributed by atoms with Gasteiger partial charge in [0.25, 0.3) is 0 Å². The van der Waals surface area contributed by atoms with E-state index in [1.54, 1.807) is 18.5 Å². The lowest BCUT2D eigenvalue weighted by molar-refractivity contribution is 0.442. The molecule has 0 saturated carbocycles. The molecule has 3 aromatic heterocycles. The Hall–Kier alpha value is -3.48. The molecule has 0 bridgehead atoms. The summed E-state index contributed by atoms with van der Waals surface area (Å²) in [7, 11) is 1.97. The van der Waals surface area contributed by atoms with E-state index in [1.165, 1.54) is 6.33 Å². The molecule has 3 heterocycles. The highest BCUT2D eigenvalue weighted by Crippen LogP contribution is 2.36. The number of aryl methyl sites for hydroxylation is 1.